The Morgan fingerprint density at radius 2 is 1.88 bits per heavy atom. The fourth-order valence-corrected chi connectivity index (χ4v) is 2.74. The molecule has 4 nitrogen and oxygen atoms in total. The second kappa shape index (κ2) is 4.51. The van der Waals surface area contributed by atoms with Crippen molar-refractivity contribution < 1.29 is 15.0 Å². The van der Waals surface area contributed by atoms with Crippen LogP contribution in [0.1, 0.15) is 31.2 Å². The lowest BCUT2D eigenvalue weighted by atomic mass is 9.88. The Bertz CT molecular complexity index is 489. The Hall–Kier alpha value is -1.32. The molecule has 0 unspecified atom stereocenters. The third-order valence-electron chi connectivity index (χ3n) is 3.29. The maximum atomic E-state index is 10.6. The number of hydrogen-bond donors (Lipinski definition) is 2. The molecule has 0 atom stereocenters. The first-order chi connectivity index (χ1) is 8.10. The molecule has 2 N–H and O–H groups in total. The molecule has 5 heteroatoms. The van der Waals surface area contributed by atoms with Crippen molar-refractivity contribution in [1.82, 2.24) is 0 Å². The van der Waals surface area contributed by atoms with Gasteiger partial charge in [-0.25, -0.2) is 4.79 Å². The van der Waals surface area contributed by atoms with E-state index in [1.54, 1.807) is 18.2 Å². The first kappa shape index (κ1) is 12.1. The van der Waals surface area contributed by atoms with E-state index >= 15 is 0 Å². The van der Waals surface area contributed by atoms with Crippen molar-refractivity contribution in [2.45, 2.75) is 31.2 Å². The fourth-order valence-electron chi connectivity index (χ4n) is 2.42. The van der Waals surface area contributed by atoms with Gasteiger partial charge >= 0.3 is 0 Å². The summed E-state index contributed by atoms with van der Waals surface area (Å²) < 4.78 is 0.418. The van der Waals surface area contributed by atoms with Gasteiger partial charge in [-0.2, -0.15) is 4.99 Å². The molecular formula is C12H12BrNO3. The molecule has 0 amide bonds. The average molecular weight is 298 g/mol. The van der Waals surface area contributed by atoms with Crippen molar-refractivity contribution in [3.8, 4) is 11.5 Å². The van der Waals surface area contributed by atoms with Gasteiger partial charge in [0, 0.05) is 5.56 Å². The van der Waals surface area contributed by atoms with Gasteiger partial charge in [-0.3, -0.25) is 0 Å². The predicted octanol–water partition coefficient (Wildman–Crippen LogP) is 2.97. The number of phenolic OH excluding ortho intramolecular Hbond substituents is 2. The minimum atomic E-state index is -0.718. The Labute approximate surface area is 107 Å². The molecular weight excluding hydrogens is 286 g/mol. The molecule has 1 aliphatic carbocycles. The third kappa shape index (κ3) is 1.96. The predicted molar refractivity (Wildman–Crippen MR) is 65.7 cm³/mol. The molecule has 1 aliphatic rings. The molecule has 0 heterocycles. The highest BCUT2D eigenvalue weighted by molar-refractivity contribution is 9.10. The number of carbonyl (C=O) groups excluding carboxylic acids is 1. The number of phenols is 2. The van der Waals surface area contributed by atoms with Gasteiger partial charge in [-0.05, 0) is 34.8 Å². The molecule has 90 valence electrons. The quantitative estimate of drug-likeness (QED) is 0.501. The molecule has 1 saturated carbocycles. The zero-order valence-corrected chi connectivity index (χ0v) is 10.7. The summed E-state index contributed by atoms with van der Waals surface area (Å²) in [6, 6.07) is 3.33. The van der Waals surface area contributed by atoms with E-state index in [4.69, 9.17) is 0 Å². The first-order valence-corrected chi connectivity index (χ1v) is 6.20. The third-order valence-corrected chi connectivity index (χ3v) is 3.93. The van der Waals surface area contributed by atoms with E-state index in [9.17, 15) is 15.0 Å². The summed E-state index contributed by atoms with van der Waals surface area (Å²) in [5.41, 5.74) is -0.219. The zero-order chi connectivity index (χ0) is 12.5. The van der Waals surface area contributed by atoms with Gasteiger partial charge < -0.3 is 10.2 Å². The van der Waals surface area contributed by atoms with Gasteiger partial charge in [0.1, 0.15) is 5.54 Å². The molecule has 0 saturated heterocycles. The normalized spacial score (nSPS) is 17.7. The summed E-state index contributed by atoms with van der Waals surface area (Å²) in [5.74, 6) is -0.421. The van der Waals surface area contributed by atoms with Gasteiger partial charge in [-0.1, -0.05) is 18.9 Å². The maximum absolute atomic E-state index is 10.6. The van der Waals surface area contributed by atoms with Crippen LogP contribution in [0.2, 0.25) is 0 Å². The zero-order valence-electron chi connectivity index (χ0n) is 9.11. The summed E-state index contributed by atoms with van der Waals surface area (Å²) in [4.78, 5) is 14.4. The number of halogens is 1. The van der Waals surface area contributed by atoms with Crippen molar-refractivity contribution in [2.75, 3.05) is 0 Å². The number of aromatic hydroxyl groups is 2. The summed E-state index contributed by atoms with van der Waals surface area (Å²) >= 11 is 3.13. The average Bonchev–Trinajstić information content (AvgIpc) is 2.76. The van der Waals surface area contributed by atoms with E-state index in [1.807, 2.05) is 0 Å². The van der Waals surface area contributed by atoms with Crippen LogP contribution in [0, 0.1) is 0 Å². The lowest BCUT2D eigenvalue weighted by Gasteiger charge is -2.24. The van der Waals surface area contributed by atoms with Crippen molar-refractivity contribution in [3.05, 3.63) is 22.2 Å². The van der Waals surface area contributed by atoms with Crippen molar-refractivity contribution in [3.63, 3.8) is 0 Å². The molecule has 1 fully saturated rings. The monoisotopic (exact) mass is 297 g/mol. The van der Waals surface area contributed by atoms with E-state index in [-0.39, 0.29) is 11.5 Å². The van der Waals surface area contributed by atoms with E-state index < -0.39 is 5.54 Å². The second-order valence-corrected chi connectivity index (χ2v) is 5.09. The molecule has 0 aromatic heterocycles. The van der Waals surface area contributed by atoms with Gasteiger partial charge in [-0.15, -0.1) is 0 Å². The number of benzene rings is 1. The van der Waals surface area contributed by atoms with Crippen molar-refractivity contribution in [1.29, 1.82) is 0 Å². The van der Waals surface area contributed by atoms with Crippen LogP contribution in [0.25, 0.3) is 0 Å². The molecule has 0 radical (unpaired) electrons. The van der Waals surface area contributed by atoms with Crippen LogP contribution in [0.4, 0.5) is 0 Å². The van der Waals surface area contributed by atoms with Crippen LogP contribution in [-0.2, 0) is 10.3 Å². The molecule has 17 heavy (non-hydrogen) atoms. The van der Waals surface area contributed by atoms with Crippen LogP contribution in [0.5, 0.6) is 11.5 Å². The maximum Gasteiger partial charge on any atom is 0.235 e. The Morgan fingerprint density at radius 1 is 1.24 bits per heavy atom. The summed E-state index contributed by atoms with van der Waals surface area (Å²) in [6.45, 7) is 0. The van der Waals surface area contributed by atoms with Gasteiger partial charge in [0.2, 0.25) is 6.08 Å². The van der Waals surface area contributed by atoms with E-state index in [1.165, 1.54) is 0 Å². The number of isocyanates is 1. The minimum absolute atomic E-state index is 0.208. The minimum Gasteiger partial charge on any atom is -0.504 e. The van der Waals surface area contributed by atoms with Crippen LogP contribution in [0.3, 0.4) is 0 Å². The van der Waals surface area contributed by atoms with Gasteiger partial charge in [0.25, 0.3) is 0 Å². The highest BCUT2D eigenvalue weighted by atomic mass is 79.9. The highest BCUT2D eigenvalue weighted by Gasteiger charge is 2.38. The Balaban J connectivity index is 2.58. The summed E-state index contributed by atoms with van der Waals surface area (Å²) in [7, 11) is 0. The SMILES string of the molecule is O=C=NC1(c2ccc(Br)c(O)c2O)CCCC1. The molecule has 1 aromatic carbocycles. The molecule has 0 bridgehead atoms. The van der Waals surface area contributed by atoms with Gasteiger partial charge in [0.15, 0.2) is 11.5 Å². The first-order valence-electron chi connectivity index (χ1n) is 5.41. The number of rotatable bonds is 2. The molecule has 2 rings (SSSR count). The van der Waals surface area contributed by atoms with Crippen molar-refractivity contribution >= 4 is 22.0 Å². The highest BCUT2D eigenvalue weighted by Crippen LogP contribution is 2.49. The molecule has 0 spiro atoms. The van der Waals surface area contributed by atoms with E-state index in [0.29, 0.717) is 22.9 Å². The lowest BCUT2D eigenvalue weighted by Crippen LogP contribution is -2.19. The standard InChI is InChI=1S/C12H12BrNO3/c13-9-4-3-8(10(16)11(9)17)12(14-7-15)5-1-2-6-12/h3-4,16-17H,1-2,5-6H2. The lowest BCUT2D eigenvalue weighted by molar-refractivity contribution is 0.372. The summed E-state index contributed by atoms with van der Waals surface area (Å²) in [6.07, 6.45) is 4.86. The van der Waals surface area contributed by atoms with Crippen LogP contribution in [0.15, 0.2) is 21.6 Å². The van der Waals surface area contributed by atoms with E-state index in [2.05, 4.69) is 20.9 Å². The van der Waals surface area contributed by atoms with Gasteiger partial charge in [0.05, 0.1) is 4.47 Å². The largest absolute Gasteiger partial charge is 0.504 e. The summed E-state index contributed by atoms with van der Waals surface area (Å²) in [5, 5.41) is 19.7. The Kier molecular flexibility index (Phi) is 3.22. The second-order valence-electron chi connectivity index (χ2n) is 4.23. The topological polar surface area (TPSA) is 69.9 Å². The van der Waals surface area contributed by atoms with Crippen LogP contribution >= 0.6 is 15.9 Å². The smallest absolute Gasteiger partial charge is 0.235 e. The number of aliphatic imine (C=N–C) groups is 1. The van der Waals surface area contributed by atoms with Crippen molar-refractivity contribution in [2.24, 2.45) is 4.99 Å². The number of nitrogens with zero attached hydrogens (tertiary/aromatic N) is 1. The fraction of sp³-hybridized carbons (Fsp3) is 0.417. The Morgan fingerprint density at radius 3 is 2.47 bits per heavy atom. The van der Waals surface area contributed by atoms with Crippen LogP contribution < -0.4 is 0 Å². The van der Waals surface area contributed by atoms with Crippen LogP contribution in [-0.4, -0.2) is 16.3 Å². The molecule has 1 aromatic rings. The number of hydrogen-bond acceptors (Lipinski definition) is 4. The molecule has 0 aliphatic heterocycles. The van der Waals surface area contributed by atoms with E-state index in [0.717, 1.165) is 12.8 Å².